The van der Waals surface area contributed by atoms with Crippen molar-refractivity contribution in [3.05, 3.63) is 10.9 Å². The number of amides is 1. The number of thiophene rings is 1. The third-order valence-corrected chi connectivity index (χ3v) is 5.32. The van der Waals surface area contributed by atoms with Gasteiger partial charge < -0.3 is 10.0 Å². The summed E-state index contributed by atoms with van der Waals surface area (Å²) in [6.07, 6.45) is 2.37. The highest BCUT2D eigenvalue weighted by Gasteiger charge is 2.33. The van der Waals surface area contributed by atoms with Crippen molar-refractivity contribution in [1.82, 2.24) is 0 Å². The number of thioether (sulfide) groups is 1. The van der Waals surface area contributed by atoms with Crippen LogP contribution in [0, 0.1) is 5.92 Å². The highest BCUT2D eigenvalue weighted by Crippen LogP contribution is 2.43. The van der Waals surface area contributed by atoms with Crippen LogP contribution in [-0.2, 0) is 4.79 Å². The topological polar surface area (TPSA) is 57.6 Å². The molecule has 2 aliphatic rings. The maximum Gasteiger partial charge on any atom is 0.345 e. The molecule has 3 rings (SSSR count). The van der Waals surface area contributed by atoms with Gasteiger partial charge in [-0.25, -0.2) is 4.79 Å². The van der Waals surface area contributed by atoms with E-state index in [2.05, 4.69) is 0 Å². The fourth-order valence-corrected chi connectivity index (χ4v) is 4.00. The normalized spacial score (nSPS) is 19.3. The summed E-state index contributed by atoms with van der Waals surface area (Å²) in [4.78, 5) is 24.9. The van der Waals surface area contributed by atoms with Crippen molar-refractivity contribution in [1.29, 1.82) is 0 Å². The van der Waals surface area contributed by atoms with E-state index in [0.717, 1.165) is 16.4 Å². The third-order valence-electron chi connectivity index (χ3n) is 2.95. The van der Waals surface area contributed by atoms with Crippen LogP contribution in [0.1, 0.15) is 22.5 Å². The summed E-state index contributed by atoms with van der Waals surface area (Å²) < 4.78 is 0.961. The highest BCUT2D eigenvalue weighted by molar-refractivity contribution is 8.02. The van der Waals surface area contributed by atoms with Gasteiger partial charge in [-0.15, -0.1) is 23.1 Å². The molecule has 0 radical (unpaired) electrons. The first-order chi connectivity index (χ1) is 8.15. The number of nitrogens with zero attached hydrogens (tertiary/aromatic N) is 1. The molecule has 6 heteroatoms. The van der Waals surface area contributed by atoms with Crippen LogP contribution in [0.15, 0.2) is 10.3 Å². The summed E-state index contributed by atoms with van der Waals surface area (Å²) in [7, 11) is 0. The molecule has 0 bridgehead atoms. The summed E-state index contributed by atoms with van der Waals surface area (Å²) in [6.45, 7) is 0.752. The summed E-state index contributed by atoms with van der Waals surface area (Å²) in [6, 6.07) is 1.63. The standard InChI is InChI=1S/C11H11NO3S2/c13-9-5-16-11-7(3-8(17-11)10(14)15)12(9)4-6-1-2-6/h3,6H,1-2,4-5H2,(H,14,15). The molecule has 0 spiro atoms. The van der Waals surface area contributed by atoms with Crippen LogP contribution < -0.4 is 4.90 Å². The van der Waals surface area contributed by atoms with E-state index in [1.165, 1.54) is 35.9 Å². The molecule has 0 unspecified atom stereocenters. The van der Waals surface area contributed by atoms with Crippen LogP contribution in [0.2, 0.25) is 0 Å². The Bertz CT molecular complexity index is 493. The minimum Gasteiger partial charge on any atom is -0.477 e. The zero-order chi connectivity index (χ0) is 12.0. The predicted octanol–water partition coefficient (Wildman–Crippen LogP) is 2.30. The van der Waals surface area contributed by atoms with E-state index >= 15 is 0 Å². The molecule has 1 aliphatic carbocycles. The van der Waals surface area contributed by atoms with Crippen LogP contribution in [0.25, 0.3) is 0 Å². The fraction of sp³-hybridized carbons (Fsp3) is 0.455. The van der Waals surface area contributed by atoms with Gasteiger partial charge in [-0.3, -0.25) is 4.79 Å². The molecule has 1 N–H and O–H groups in total. The van der Waals surface area contributed by atoms with Crippen LogP contribution in [-0.4, -0.2) is 29.3 Å². The molecule has 0 aromatic carbocycles. The lowest BCUT2D eigenvalue weighted by Gasteiger charge is -2.26. The van der Waals surface area contributed by atoms with E-state index in [0.29, 0.717) is 16.5 Å². The molecular formula is C11H11NO3S2. The number of anilines is 1. The monoisotopic (exact) mass is 269 g/mol. The first-order valence-corrected chi connectivity index (χ1v) is 7.25. The maximum absolute atomic E-state index is 11.9. The van der Waals surface area contributed by atoms with Crippen molar-refractivity contribution in [2.75, 3.05) is 17.2 Å². The second-order valence-corrected chi connectivity index (χ2v) is 6.62. The average molecular weight is 269 g/mol. The van der Waals surface area contributed by atoms with Gasteiger partial charge in [0.2, 0.25) is 5.91 Å². The van der Waals surface area contributed by atoms with E-state index in [1.54, 1.807) is 11.0 Å². The van der Waals surface area contributed by atoms with Gasteiger partial charge in [-0.1, -0.05) is 0 Å². The summed E-state index contributed by atoms with van der Waals surface area (Å²) in [5.41, 5.74) is 0.806. The second-order valence-electron chi connectivity index (χ2n) is 4.32. The smallest absolute Gasteiger partial charge is 0.345 e. The molecule has 90 valence electrons. The molecule has 4 nitrogen and oxygen atoms in total. The summed E-state index contributed by atoms with van der Waals surface area (Å²) >= 11 is 2.72. The SMILES string of the molecule is O=C(O)c1cc2c(s1)SCC(=O)N2CC1CC1. The number of rotatable bonds is 3. The summed E-state index contributed by atoms with van der Waals surface area (Å²) in [5, 5.41) is 8.98. The van der Waals surface area contributed by atoms with Gasteiger partial charge in [-0.2, -0.15) is 0 Å². The first kappa shape index (κ1) is 11.1. The van der Waals surface area contributed by atoms with Gasteiger partial charge >= 0.3 is 5.97 Å². The molecule has 1 aliphatic heterocycles. The van der Waals surface area contributed by atoms with Crippen molar-refractivity contribution in [3.8, 4) is 0 Å². The lowest BCUT2D eigenvalue weighted by Crippen LogP contribution is -2.36. The van der Waals surface area contributed by atoms with Crippen molar-refractivity contribution in [2.45, 2.75) is 17.1 Å². The number of carbonyl (C=O) groups excluding carboxylic acids is 1. The minimum atomic E-state index is -0.913. The Labute approximate surface area is 107 Å². The Morgan fingerprint density at radius 1 is 1.53 bits per heavy atom. The molecule has 1 aromatic heterocycles. The molecule has 0 atom stereocenters. The molecular weight excluding hydrogens is 258 g/mol. The van der Waals surface area contributed by atoms with E-state index in [4.69, 9.17) is 5.11 Å². The molecule has 1 amide bonds. The average Bonchev–Trinajstić information content (AvgIpc) is 2.99. The third kappa shape index (κ3) is 2.07. The fourth-order valence-electron chi connectivity index (χ4n) is 1.86. The van der Waals surface area contributed by atoms with Gasteiger partial charge in [0.15, 0.2) is 0 Å². The number of carbonyl (C=O) groups is 2. The minimum absolute atomic E-state index is 0.101. The van der Waals surface area contributed by atoms with Gasteiger partial charge in [0.25, 0.3) is 0 Å². The Hall–Kier alpha value is -1.01. The lowest BCUT2D eigenvalue weighted by atomic mass is 10.3. The molecule has 17 heavy (non-hydrogen) atoms. The Kier molecular flexibility index (Phi) is 2.63. The molecule has 1 fully saturated rings. The molecule has 1 aromatic rings. The maximum atomic E-state index is 11.9. The van der Waals surface area contributed by atoms with Gasteiger partial charge in [0, 0.05) is 6.54 Å². The Morgan fingerprint density at radius 3 is 2.94 bits per heavy atom. The lowest BCUT2D eigenvalue weighted by molar-refractivity contribution is -0.116. The molecule has 1 saturated carbocycles. The van der Waals surface area contributed by atoms with E-state index < -0.39 is 5.97 Å². The van der Waals surface area contributed by atoms with E-state index in [-0.39, 0.29) is 5.91 Å². The molecule has 0 saturated heterocycles. The van der Waals surface area contributed by atoms with Crippen LogP contribution in [0.3, 0.4) is 0 Å². The number of aromatic carboxylic acids is 1. The number of hydrogen-bond acceptors (Lipinski definition) is 4. The van der Waals surface area contributed by atoms with Crippen LogP contribution >= 0.6 is 23.1 Å². The zero-order valence-electron chi connectivity index (χ0n) is 9.01. The first-order valence-electron chi connectivity index (χ1n) is 5.45. The highest BCUT2D eigenvalue weighted by atomic mass is 32.2. The van der Waals surface area contributed by atoms with E-state index in [9.17, 15) is 9.59 Å². The van der Waals surface area contributed by atoms with Crippen molar-refractivity contribution in [2.24, 2.45) is 5.92 Å². The van der Waals surface area contributed by atoms with Gasteiger partial charge in [-0.05, 0) is 24.8 Å². The predicted molar refractivity (Wildman–Crippen MR) is 67.1 cm³/mol. The van der Waals surface area contributed by atoms with Gasteiger partial charge in [0.05, 0.1) is 15.6 Å². The summed E-state index contributed by atoms with van der Waals surface area (Å²) in [5.74, 6) is 0.232. The second kappa shape index (κ2) is 4.03. The quantitative estimate of drug-likeness (QED) is 0.914. The Balaban J connectivity index is 1.94. The number of carboxylic acids is 1. The number of hydrogen-bond donors (Lipinski definition) is 1. The van der Waals surface area contributed by atoms with Crippen molar-refractivity contribution in [3.63, 3.8) is 0 Å². The van der Waals surface area contributed by atoms with Crippen LogP contribution in [0.4, 0.5) is 5.69 Å². The Morgan fingerprint density at radius 2 is 2.29 bits per heavy atom. The number of fused-ring (bicyclic) bond motifs is 1. The largest absolute Gasteiger partial charge is 0.477 e. The van der Waals surface area contributed by atoms with Gasteiger partial charge in [0.1, 0.15) is 4.88 Å². The van der Waals surface area contributed by atoms with Crippen molar-refractivity contribution >= 4 is 40.7 Å². The molecule has 2 heterocycles. The van der Waals surface area contributed by atoms with Crippen LogP contribution in [0.5, 0.6) is 0 Å². The van der Waals surface area contributed by atoms with Crippen molar-refractivity contribution < 1.29 is 14.7 Å². The zero-order valence-corrected chi connectivity index (χ0v) is 10.6. The number of carboxylic acid groups (broad SMARTS) is 1. The van der Waals surface area contributed by atoms with E-state index in [1.807, 2.05) is 0 Å².